The quantitative estimate of drug-likeness (QED) is 0.718. The van der Waals surface area contributed by atoms with Crippen molar-refractivity contribution in [3.63, 3.8) is 0 Å². The molecule has 146 valence electrons. The first kappa shape index (κ1) is 21.1. The van der Waals surface area contributed by atoms with Crippen molar-refractivity contribution in [2.75, 3.05) is 20.1 Å². The van der Waals surface area contributed by atoms with Gasteiger partial charge in [-0.3, -0.25) is 4.79 Å². The van der Waals surface area contributed by atoms with E-state index in [4.69, 9.17) is 0 Å². The van der Waals surface area contributed by atoms with Crippen LogP contribution in [0, 0.1) is 6.92 Å². The molecule has 0 aliphatic heterocycles. The molecule has 27 heavy (non-hydrogen) atoms. The smallest absolute Gasteiger partial charge is 0.242 e. The largest absolute Gasteiger partial charge is 0.355 e. The van der Waals surface area contributed by atoms with E-state index >= 15 is 0 Å². The van der Waals surface area contributed by atoms with Gasteiger partial charge in [0.25, 0.3) is 0 Å². The first-order valence-corrected chi connectivity index (χ1v) is 10.6. The highest BCUT2D eigenvalue weighted by atomic mass is 32.2. The van der Waals surface area contributed by atoms with Gasteiger partial charge in [0.1, 0.15) is 0 Å². The molecule has 6 heteroatoms. The van der Waals surface area contributed by atoms with Gasteiger partial charge in [-0.1, -0.05) is 48.9 Å². The van der Waals surface area contributed by atoms with Crippen molar-refractivity contribution in [1.29, 1.82) is 0 Å². The Morgan fingerprint density at radius 3 is 2.19 bits per heavy atom. The van der Waals surface area contributed by atoms with Gasteiger partial charge in [0.2, 0.25) is 15.9 Å². The SMILES string of the molecule is CCc1ccc(CCC(=O)NCCN(C)S(=O)(=O)c2ccc(C)cc2)cc1. The summed E-state index contributed by atoms with van der Waals surface area (Å²) in [5, 5.41) is 2.79. The van der Waals surface area contributed by atoms with Gasteiger partial charge in [0.05, 0.1) is 4.90 Å². The molecule has 2 aromatic carbocycles. The minimum Gasteiger partial charge on any atom is -0.355 e. The van der Waals surface area contributed by atoms with E-state index in [2.05, 4.69) is 24.4 Å². The van der Waals surface area contributed by atoms with E-state index in [1.165, 1.54) is 16.9 Å². The molecule has 0 saturated heterocycles. The lowest BCUT2D eigenvalue weighted by Gasteiger charge is -2.17. The molecule has 1 amide bonds. The fraction of sp³-hybridized carbons (Fsp3) is 0.381. The highest BCUT2D eigenvalue weighted by molar-refractivity contribution is 7.89. The molecular formula is C21H28N2O3S. The Labute approximate surface area is 162 Å². The molecule has 2 rings (SSSR count). The van der Waals surface area contributed by atoms with Crippen molar-refractivity contribution in [2.24, 2.45) is 0 Å². The van der Waals surface area contributed by atoms with Crippen LogP contribution in [-0.4, -0.2) is 38.8 Å². The molecule has 0 aliphatic rings. The van der Waals surface area contributed by atoms with Crippen LogP contribution in [0.25, 0.3) is 0 Å². The molecule has 5 nitrogen and oxygen atoms in total. The summed E-state index contributed by atoms with van der Waals surface area (Å²) in [6.07, 6.45) is 2.06. The summed E-state index contributed by atoms with van der Waals surface area (Å²) in [5.74, 6) is -0.0734. The summed E-state index contributed by atoms with van der Waals surface area (Å²) in [4.78, 5) is 12.3. The van der Waals surface area contributed by atoms with Gasteiger partial charge < -0.3 is 5.32 Å². The number of likely N-dealkylation sites (N-methyl/N-ethyl adjacent to an activating group) is 1. The average Bonchev–Trinajstić information content (AvgIpc) is 2.67. The van der Waals surface area contributed by atoms with Gasteiger partial charge in [0.15, 0.2) is 0 Å². The van der Waals surface area contributed by atoms with E-state index in [-0.39, 0.29) is 23.9 Å². The number of nitrogens with one attached hydrogen (secondary N) is 1. The summed E-state index contributed by atoms with van der Waals surface area (Å²) in [6, 6.07) is 15.0. The Hall–Kier alpha value is -2.18. The lowest BCUT2D eigenvalue weighted by molar-refractivity contribution is -0.121. The Bertz CT molecular complexity index is 844. The van der Waals surface area contributed by atoms with Crippen LogP contribution in [0.2, 0.25) is 0 Å². The predicted octanol–water partition coefficient (Wildman–Crippen LogP) is 2.93. The van der Waals surface area contributed by atoms with Gasteiger partial charge in [-0.25, -0.2) is 8.42 Å². The normalized spacial score (nSPS) is 11.6. The van der Waals surface area contributed by atoms with Crippen LogP contribution in [0.15, 0.2) is 53.4 Å². The van der Waals surface area contributed by atoms with Gasteiger partial charge in [-0.05, 0) is 43.0 Å². The van der Waals surface area contributed by atoms with E-state index in [1.54, 1.807) is 24.3 Å². The third kappa shape index (κ3) is 6.19. The third-order valence-electron chi connectivity index (χ3n) is 4.55. The first-order chi connectivity index (χ1) is 12.8. The van der Waals surface area contributed by atoms with Crippen LogP contribution in [-0.2, 0) is 27.7 Å². The molecule has 0 fully saturated rings. The molecule has 0 spiro atoms. The van der Waals surface area contributed by atoms with E-state index in [1.807, 2.05) is 19.1 Å². The standard InChI is InChI=1S/C21H28N2O3S/c1-4-18-7-9-19(10-8-18)11-14-21(24)22-15-16-23(3)27(25,26)20-12-5-17(2)6-13-20/h5-10,12-13H,4,11,14-16H2,1-3H3,(H,22,24). The number of hydrogen-bond donors (Lipinski definition) is 1. The lowest BCUT2D eigenvalue weighted by Crippen LogP contribution is -2.36. The second-order valence-corrected chi connectivity index (χ2v) is 8.70. The molecule has 1 N–H and O–H groups in total. The van der Waals surface area contributed by atoms with Crippen LogP contribution in [0.4, 0.5) is 0 Å². The van der Waals surface area contributed by atoms with Crippen molar-refractivity contribution < 1.29 is 13.2 Å². The van der Waals surface area contributed by atoms with Crippen LogP contribution in [0.5, 0.6) is 0 Å². The molecule has 0 bridgehead atoms. The van der Waals surface area contributed by atoms with Crippen molar-refractivity contribution >= 4 is 15.9 Å². The van der Waals surface area contributed by atoms with Gasteiger partial charge >= 0.3 is 0 Å². The predicted molar refractivity (Wildman–Crippen MR) is 108 cm³/mol. The number of carbonyl (C=O) groups excluding carboxylic acids is 1. The Kier molecular flexibility index (Phi) is 7.56. The van der Waals surface area contributed by atoms with E-state index < -0.39 is 10.0 Å². The zero-order chi connectivity index (χ0) is 19.9. The number of sulfonamides is 1. The fourth-order valence-corrected chi connectivity index (χ4v) is 3.82. The first-order valence-electron chi connectivity index (χ1n) is 9.20. The second-order valence-electron chi connectivity index (χ2n) is 6.66. The van der Waals surface area contributed by atoms with Gasteiger partial charge in [-0.15, -0.1) is 0 Å². The summed E-state index contributed by atoms with van der Waals surface area (Å²) >= 11 is 0. The molecule has 0 radical (unpaired) electrons. The molecule has 0 heterocycles. The van der Waals surface area contributed by atoms with Gasteiger partial charge in [-0.2, -0.15) is 4.31 Å². The molecular weight excluding hydrogens is 360 g/mol. The van der Waals surface area contributed by atoms with E-state index in [9.17, 15) is 13.2 Å². The monoisotopic (exact) mass is 388 g/mol. The average molecular weight is 389 g/mol. The molecule has 0 unspecified atom stereocenters. The summed E-state index contributed by atoms with van der Waals surface area (Å²) < 4.78 is 26.3. The fourth-order valence-electron chi connectivity index (χ4n) is 2.65. The highest BCUT2D eigenvalue weighted by Gasteiger charge is 2.20. The lowest BCUT2D eigenvalue weighted by atomic mass is 10.1. The number of benzene rings is 2. The van der Waals surface area contributed by atoms with Gasteiger partial charge in [0, 0.05) is 26.6 Å². The minimum atomic E-state index is -3.53. The number of amides is 1. The molecule has 0 aromatic heterocycles. The number of carbonyl (C=O) groups is 1. The molecule has 2 aromatic rings. The molecule has 0 aliphatic carbocycles. The zero-order valence-electron chi connectivity index (χ0n) is 16.2. The number of rotatable bonds is 9. The van der Waals surface area contributed by atoms with Crippen LogP contribution in [0.3, 0.4) is 0 Å². The molecule has 0 atom stereocenters. The van der Waals surface area contributed by atoms with Crippen LogP contribution >= 0.6 is 0 Å². The minimum absolute atomic E-state index is 0.0734. The third-order valence-corrected chi connectivity index (χ3v) is 6.42. The topological polar surface area (TPSA) is 66.5 Å². The summed E-state index contributed by atoms with van der Waals surface area (Å²) in [6.45, 7) is 4.54. The second kappa shape index (κ2) is 9.67. The van der Waals surface area contributed by atoms with Crippen LogP contribution < -0.4 is 5.32 Å². The summed E-state index contributed by atoms with van der Waals surface area (Å²) in [7, 11) is -2.01. The number of nitrogens with zero attached hydrogens (tertiary/aromatic N) is 1. The zero-order valence-corrected chi connectivity index (χ0v) is 17.1. The highest BCUT2D eigenvalue weighted by Crippen LogP contribution is 2.14. The molecule has 0 saturated carbocycles. The maximum absolute atomic E-state index is 12.5. The number of hydrogen-bond acceptors (Lipinski definition) is 3. The maximum atomic E-state index is 12.5. The Morgan fingerprint density at radius 1 is 1.00 bits per heavy atom. The maximum Gasteiger partial charge on any atom is 0.242 e. The van der Waals surface area contributed by atoms with E-state index in [0.717, 1.165) is 17.5 Å². The Balaban J connectivity index is 1.77. The van der Waals surface area contributed by atoms with Crippen molar-refractivity contribution in [2.45, 2.75) is 38.0 Å². The summed E-state index contributed by atoms with van der Waals surface area (Å²) in [5.41, 5.74) is 3.41. The van der Waals surface area contributed by atoms with Crippen molar-refractivity contribution in [1.82, 2.24) is 9.62 Å². The number of aryl methyl sites for hydroxylation is 3. The van der Waals surface area contributed by atoms with Crippen molar-refractivity contribution in [3.05, 3.63) is 65.2 Å². The Morgan fingerprint density at radius 2 is 1.59 bits per heavy atom. The van der Waals surface area contributed by atoms with E-state index in [0.29, 0.717) is 12.8 Å². The van der Waals surface area contributed by atoms with Crippen molar-refractivity contribution in [3.8, 4) is 0 Å². The van der Waals surface area contributed by atoms with Crippen LogP contribution in [0.1, 0.15) is 30.0 Å².